The van der Waals surface area contributed by atoms with E-state index in [2.05, 4.69) is 11.1 Å². The number of hydrogen-bond donors (Lipinski definition) is 1. The summed E-state index contributed by atoms with van der Waals surface area (Å²) in [6.07, 6.45) is 1.40. The fourth-order valence-electron chi connectivity index (χ4n) is 2.13. The Morgan fingerprint density at radius 2 is 2.06 bits per heavy atom. The molecule has 1 aromatic heterocycles. The molecule has 0 amide bonds. The van der Waals surface area contributed by atoms with E-state index in [9.17, 15) is 5.11 Å². The Morgan fingerprint density at radius 1 is 1.24 bits per heavy atom. The lowest BCUT2D eigenvalue weighted by Crippen LogP contribution is -2.37. The van der Waals surface area contributed by atoms with Crippen LogP contribution in [0.25, 0.3) is 10.9 Å². The SMILES string of the molecule is Cc1ccc2cccc(OC3CC(O)C3)c2n1. The van der Waals surface area contributed by atoms with Gasteiger partial charge in [-0.3, -0.25) is 0 Å². The molecule has 2 aromatic rings. The predicted molar refractivity (Wildman–Crippen MR) is 66.1 cm³/mol. The Hall–Kier alpha value is -1.61. The minimum atomic E-state index is -0.190. The molecule has 0 unspecified atom stereocenters. The lowest BCUT2D eigenvalue weighted by atomic mass is 9.92. The highest BCUT2D eigenvalue weighted by Crippen LogP contribution is 2.30. The second-order valence-electron chi connectivity index (χ2n) is 4.65. The third-order valence-corrected chi connectivity index (χ3v) is 3.19. The molecular formula is C14H15NO2. The molecule has 1 aliphatic carbocycles. The van der Waals surface area contributed by atoms with E-state index in [1.54, 1.807) is 0 Å². The first-order valence-electron chi connectivity index (χ1n) is 5.93. The van der Waals surface area contributed by atoms with Gasteiger partial charge in [-0.05, 0) is 19.1 Å². The molecular weight excluding hydrogens is 214 g/mol. The van der Waals surface area contributed by atoms with Crippen LogP contribution in [0.4, 0.5) is 0 Å². The summed E-state index contributed by atoms with van der Waals surface area (Å²) in [5.41, 5.74) is 1.90. The fourth-order valence-corrected chi connectivity index (χ4v) is 2.13. The van der Waals surface area contributed by atoms with E-state index in [0.29, 0.717) is 0 Å². The third kappa shape index (κ3) is 1.98. The van der Waals surface area contributed by atoms with E-state index in [-0.39, 0.29) is 12.2 Å². The summed E-state index contributed by atoms with van der Waals surface area (Å²) in [6, 6.07) is 10.0. The number of pyridine rings is 1. The highest BCUT2D eigenvalue weighted by atomic mass is 16.5. The molecule has 1 heterocycles. The molecule has 0 atom stereocenters. The monoisotopic (exact) mass is 229 g/mol. The first kappa shape index (κ1) is 10.5. The molecule has 88 valence electrons. The summed E-state index contributed by atoms with van der Waals surface area (Å²) in [5, 5.41) is 10.3. The van der Waals surface area contributed by atoms with Gasteiger partial charge in [-0.2, -0.15) is 0 Å². The molecule has 1 aliphatic rings. The van der Waals surface area contributed by atoms with Gasteiger partial charge >= 0.3 is 0 Å². The summed E-state index contributed by atoms with van der Waals surface area (Å²) in [6.45, 7) is 1.98. The molecule has 17 heavy (non-hydrogen) atoms. The zero-order chi connectivity index (χ0) is 11.8. The molecule has 0 spiro atoms. The first-order valence-corrected chi connectivity index (χ1v) is 5.93. The van der Waals surface area contributed by atoms with Crippen molar-refractivity contribution in [2.24, 2.45) is 0 Å². The Bertz CT molecular complexity index is 547. The van der Waals surface area contributed by atoms with Gasteiger partial charge in [0.1, 0.15) is 17.4 Å². The van der Waals surface area contributed by atoms with Crippen molar-refractivity contribution in [2.75, 3.05) is 0 Å². The maximum Gasteiger partial charge on any atom is 0.145 e. The second kappa shape index (κ2) is 4.00. The van der Waals surface area contributed by atoms with Crippen LogP contribution in [0.15, 0.2) is 30.3 Å². The topological polar surface area (TPSA) is 42.4 Å². The molecule has 0 bridgehead atoms. The molecule has 0 aliphatic heterocycles. The van der Waals surface area contributed by atoms with Gasteiger partial charge in [0.15, 0.2) is 0 Å². The van der Waals surface area contributed by atoms with Crippen LogP contribution in [0.2, 0.25) is 0 Å². The average molecular weight is 229 g/mol. The van der Waals surface area contributed by atoms with Crippen LogP contribution in [0, 0.1) is 6.92 Å². The van der Waals surface area contributed by atoms with Crippen LogP contribution >= 0.6 is 0 Å². The lowest BCUT2D eigenvalue weighted by molar-refractivity contribution is -0.0101. The van der Waals surface area contributed by atoms with E-state index in [4.69, 9.17) is 4.74 Å². The third-order valence-electron chi connectivity index (χ3n) is 3.19. The number of hydrogen-bond acceptors (Lipinski definition) is 3. The summed E-state index contributed by atoms with van der Waals surface area (Å²) in [4.78, 5) is 4.52. The molecule has 1 fully saturated rings. The first-order chi connectivity index (χ1) is 8.22. The molecule has 3 rings (SSSR count). The molecule has 1 saturated carbocycles. The van der Waals surface area contributed by atoms with Gasteiger partial charge in [-0.15, -0.1) is 0 Å². The van der Waals surface area contributed by atoms with Crippen LogP contribution < -0.4 is 4.74 Å². The normalized spacial score (nSPS) is 23.4. The van der Waals surface area contributed by atoms with Crippen molar-refractivity contribution in [3.63, 3.8) is 0 Å². The number of ether oxygens (including phenoxy) is 1. The van der Waals surface area contributed by atoms with Crippen LogP contribution in [0.5, 0.6) is 5.75 Å². The highest BCUT2D eigenvalue weighted by molar-refractivity contribution is 5.84. The molecule has 3 heteroatoms. The summed E-state index contributed by atoms with van der Waals surface area (Å²) in [5.74, 6) is 0.822. The quantitative estimate of drug-likeness (QED) is 0.860. The van der Waals surface area contributed by atoms with Gasteiger partial charge < -0.3 is 9.84 Å². The molecule has 3 nitrogen and oxygen atoms in total. The Morgan fingerprint density at radius 3 is 2.82 bits per heavy atom. The van der Waals surface area contributed by atoms with E-state index in [0.717, 1.165) is 35.2 Å². The van der Waals surface area contributed by atoms with Crippen molar-refractivity contribution in [1.82, 2.24) is 4.98 Å². The van der Waals surface area contributed by atoms with Gasteiger partial charge in [0, 0.05) is 23.9 Å². The predicted octanol–water partition coefficient (Wildman–Crippen LogP) is 2.45. The van der Waals surface area contributed by atoms with E-state index >= 15 is 0 Å². The van der Waals surface area contributed by atoms with Crippen molar-refractivity contribution >= 4 is 10.9 Å². The number of aliphatic hydroxyl groups is 1. The second-order valence-corrected chi connectivity index (χ2v) is 4.65. The molecule has 0 saturated heterocycles. The Labute approximate surface area is 100 Å². The van der Waals surface area contributed by atoms with Gasteiger partial charge in [0.05, 0.1) is 6.10 Å². The molecule has 0 radical (unpaired) electrons. The number of aromatic nitrogens is 1. The standard InChI is InChI=1S/C14H15NO2/c1-9-5-6-10-3-2-4-13(14(10)15-9)17-12-7-11(16)8-12/h2-6,11-12,16H,7-8H2,1H3. The summed E-state index contributed by atoms with van der Waals surface area (Å²) in [7, 11) is 0. The maximum absolute atomic E-state index is 9.26. The zero-order valence-electron chi connectivity index (χ0n) is 9.76. The number of benzene rings is 1. The van der Waals surface area contributed by atoms with Crippen LogP contribution in [-0.2, 0) is 0 Å². The number of aliphatic hydroxyl groups excluding tert-OH is 1. The summed E-state index contributed by atoms with van der Waals surface area (Å²) < 4.78 is 5.87. The van der Waals surface area contributed by atoms with Crippen molar-refractivity contribution in [3.05, 3.63) is 36.0 Å². The smallest absolute Gasteiger partial charge is 0.145 e. The van der Waals surface area contributed by atoms with Crippen LogP contribution in [0.1, 0.15) is 18.5 Å². The van der Waals surface area contributed by atoms with Gasteiger partial charge in [-0.25, -0.2) is 4.98 Å². The Kier molecular flexibility index (Phi) is 2.48. The highest BCUT2D eigenvalue weighted by Gasteiger charge is 2.29. The van der Waals surface area contributed by atoms with Crippen molar-refractivity contribution in [3.8, 4) is 5.75 Å². The van der Waals surface area contributed by atoms with Crippen LogP contribution in [-0.4, -0.2) is 22.3 Å². The van der Waals surface area contributed by atoms with Crippen LogP contribution in [0.3, 0.4) is 0 Å². The minimum absolute atomic E-state index is 0.137. The van der Waals surface area contributed by atoms with E-state index in [1.807, 2.05) is 31.2 Å². The minimum Gasteiger partial charge on any atom is -0.488 e. The largest absolute Gasteiger partial charge is 0.488 e. The van der Waals surface area contributed by atoms with Gasteiger partial charge in [0.2, 0.25) is 0 Å². The fraction of sp³-hybridized carbons (Fsp3) is 0.357. The van der Waals surface area contributed by atoms with E-state index < -0.39 is 0 Å². The zero-order valence-corrected chi connectivity index (χ0v) is 9.76. The van der Waals surface area contributed by atoms with Gasteiger partial charge in [-0.1, -0.05) is 18.2 Å². The molecule has 1 N–H and O–H groups in total. The van der Waals surface area contributed by atoms with Crippen molar-refractivity contribution in [1.29, 1.82) is 0 Å². The number of fused-ring (bicyclic) bond motifs is 1. The number of nitrogens with zero attached hydrogens (tertiary/aromatic N) is 1. The van der Waals surface area contributed by atoms with Crippen molar-refractivity contribution in [2.45, 2.75) is 32.0 Å². The van der Waals surface area contributed by atoms with Crippen molar-refractivity contribution < 1.29 is 9.84 Å². The van der Waals surface area contributed by atoms with Gasteiger partial charge in [0.25, 0.3) is 0 Å². The number of para-hydroxylation sites is 1. The number of rotatable bonds is 2. The summed E-state index contributed by atoms with van der Waals surface area (Å²) >= 11 is 0. The Balaban J connectivity index is 1.95. The average Bonchev–Trinajstić information content (AvgIpc) is 2.28. The maximum atomic E-state index is 9.26. The van der Waals surface area contributed by atoms with E-state index in [1.165, 1.54) is 0 Å². The number of aryl methyl sites for hydroxylation is 1. The molecule has 1 aromatic carbocycles. The lowest BCUT2D eigenvalue weighted by Gasteiger charge is -2.31.